The molecule has 0 saturated carbocycles. The predicted octanol–water partition coefficient (Wildman–Crippen LogP) is 4.11. The number of rotatable bonds is 5. The van der Waals surface area contributed by atoms with Crippen LogP contribution < -0.4 is 15.0 Å². The Hall–Kier alpha value is -2.56. The maximum Gasteiger partial charge on any atom is 0.274 e. The van der Waals surface area contributed by atoms with Gasteiger partial charge in [-0.3, -0.25) is 9.78 Å². The summed E-state index contributed by atoms with van der Waals surface area (Å²) in [5, 5.41) is 2.89. The van der Waals surface area contributed by atoms with Crippen LogP contribution in [0.5, 0.6) is 5.75 Å². The van der Waals surface area contributed by atoms with Crippen LogP contribution in [-0.2, 0) is 0 Å². The maximum absolute atomic E-state index is 12.6. The summed E-state index contributed by atoms with van der Waals surface area (Å²) in [6.07, 6.45) is 6.53. The van der Waals surface area contributed by atoms with Crippen LogP contribution in [0.15, 0.2) is 42.6 Å². The van der Waals surface area contributed by atoms with E-state index in [1.807, 2.05) is 30.3 Å². The number of hydrogen-bond acceptors (Lipinski definition) is 4. The zero-order chi connectivity index (χ0) is 17.6. The van der Waals surface area contributed by atoms with Crippen LogP contribution in [-0.4, -0.2) is 30.6 Å². The molecule has 5 nitrogen and oxygen atoms in total. The second-order valence-corrected chi connectivity index (χ2v) is 6.34. The van der Waals surface area contributed by atoms with E-state index < -0.39 is 0 Å². The molecule has 2 heterocycles. The summed E-state index contributed by atoms with van der Waals surface area (Å²) < 4.78 is 5.19. The molecule has 1 aromatic heterocycles. The minimum Gasteiger partial charge on any atom is -0.497 e. The number of nitrogens with one attached hydrogen (secondary N) is 1. The highest BCUT2D eigenvalue weighted by atomic mass is 16.5. The monoisotopic (exact) mass is 339 g/mol. The number of methoxy groups -OCH3 is 1. The minimum atomic E-state index is -0.208. The first-order valence-corrected chi connectivity index (χ1v) is 8.89. The number of ether oxygens (including phenoxy) is 1. The smallest absolute Gasteiger partial charge is 0.274 e. The first-order valence-electron chi connectivity index (χ1n) is 8.89. The molecule has 1 aliphatic heterocycles. The van der Waals surface area contributed by atoms with Gasteiger partial charge in [-0.2, -0.15) is 0 Å². The molecular formula is C20H25N3O2. The van der Waals surface area contributed by atoms with Crippen molar-refractivity contribution < 1.29 is 9.53 Å². The topological polar surface area (TPSA) is 54.5 Å². The van der Waals surface area contributed by atoms with Crippen LogP contribution in [0.3, 0.4) is 0 Å². The van der Waals surface area contributed by atoms with E-state index in [1.165, 1.54) is 19.3 Å². The molecular weight excluding hydrogens is 314 g/mol. The molecule has 132 valence electrons. The van der Waals surface area contributed by atoms with E-state index in [1.54, 1.807) is 19.4 Å². The number of aromatic nitrogens is 1. The molecule has 1 aliphatic rings. The van der Waals surface area contributed by atoms with Gasteiger partial charge in [-0.15, -0.1) is 0 Å². The van der Waals surface area contributed by atoms with E-state index in [9.17, 15) is 4.79 Å². The molecule has 1 atom stereocenters. The lowest BCUT2D eigenvalue weighted by molar-refractivity contribution is 0.102. The van der Waals surface area contributed by atoms with Gasteiger partial charge in [0.15, 0.2) is 0 Å². The second kappa shape index (κ2) is 8.01. The molecule has 1 fully saturated rings. The molecule has 0 bridgehead atoms. The Morgan fingerprint density at radius 3 is 3.00 bits per heavy atom. The number of carbonyl (C=O) groups is 1. The third-order valence-corrected chi connectivity index (χ3v) is 4.73. The van der Waals surface area contributed by atoms with Crippen molar-refractivity contribution in [3.8, 4) is 5.75 Å². The van der Waals surface area contributed by atoms with Crippen molar-refractivity contribution >= 4 is 17.3 Å². The quantitative estimate of drug-likeness (QED) is 0.890. The van der Waals surface area contributed by atoms with Crippen LogP contribution in [0.2, 0.25) is 0 Å². The van der Waals surface area contributed by atoms with Crippen molar-refractivity contribution in [3.63, 3.8) is 0 Å². The average molecular weight is 339 g/mol. The van der Waals surface area contributed by atoms with E-state index >= 15 is 0 Å². The van der Waals surface area contributed by atoms with Gasteiger partial charge in [0, 0.05) is 36.2 Å². The molecule has 1 amide bonds. The SMILES string of the molecule is CCC1CCCCN1c1ccnc(C(=O)Nc2cccc(OC)c2)c1. The van der Waals surface area contributed by atoms with Gasteiger partial charge in [0.1, 0.15) is 11.4 Å². The van der Waals surface area contributed by atoms with Crippen LogP contribution in [0, 0.1) is 0 Å². The van der Waals surface area contributed by atoms with Crippen LogP contribution in [0.1, 0.15) is 43.1 Å². The van der Waals surface area contributed by atoms with Gasteiger partial charge in [-0.1, -0.05) is 13.0 Å². The van der Waals surface area contributed by atoms with Crippen molar-refractivity contribution in [2.45, 2.75) is 38.6 Å². The summed E-state index contributed by atoms with van der Waals surface area (Å²) >= 11 is 0. The first-order chi connectivity index (χ1) is 12.2. The number of piperidine rings is 1. The Morgan fingerprint density at radius 2 is 2.20 bits per heavy atom. The summed E-state index contributed by atoms with van der Waals surface area (Å²) in [5.74, 6) is 0.499. The third kappa shape index (κ3) is 4.10. The number of anilines is 2. The molecule has 0 radical (unpaired) electrons. The Balaban J connectivity index is 1.77. The predicted molar refractivity (Wildman–Crippen MR) is 100 cm³/mol. The van der Waals surface area contributed by atoms with Crippen LogP contribution >= 0.6 is 0 Å². The largest absolute Gasteiger partial charge is 0.497 e. The minimum absolute atomic E-state index is 0.208. The Labute approximate surface area is 149 Å². The highest BCUT2D eigenvalue weighted by Gasteiger charge is 2.22. The summed E-state index contributed by atoms with van der Waals surface area (Å²) in [7, 11) is 1.61. The van der Waals surface area contributed by atoms with Gasteiger partial charge < -0.3 is 15.0 Å². The van der Waals surface area contributed by atoms with Crippen molar-refractivity contribution in [1.82, 2.24) is 4.98 Å². The molecule has 1 N–H and O–H groups in total. The van der Waals surface area contributed by atoms with Gasteiger partial charge >= 0.3 is 0 Å². The molecule has 1 aromatic carbocycles. The first kappa shape index (κ1) is 17.3. The summed E-state index contributed by atoms with van der Waals surface area (Å²) in [6.45, 7) is 3.26. The molecule has 1 saturated heterocycles. The normalized spacial score (nSPS) is 17.2. The van der Waals surface area contributed by atoms with Crippen molar-refractivity contribution in [2.75, 3.05) is 23.9 Å². The van der Waals surface area contributed by atoms with E-state index in [2.05, 4.69) is 22.1 Å². The van der Waals surface area contributed by atoms with Crippen LogP contribution in [0.25, 0.3) is 0 Å². The average Bonchev–Trinajstić information content (AvgIpc) is 2.68. The fourth-order valence-corrected chi connectivity index (χ4v) is 3.38. The van der Waals surface area contributed by atoms with Gasteiger partial charge in [-0.25, -0.2) is 0 Å². The number of amides is 1. The van der Waals surface area contributed by atoms with Crippen molar-refractivity contribution in [1.29, 1.82) is 0 Å². The molecule has 5 heteroatoms. The van der Waals surface area contributed by atoms with Gasteiger partial charge in [0.2, 0.25) is 0 Å². The van der Waals surface area contributed by atoms with Crippen LogP contribution in [0.4, 0.5) is 11.4 Å². The number of benzene rings is 1. The fourth-order valence-electron chi connectivity index (χ4n) is 3.38. The molecule has 3 rings (SSSR count). The third-order valence-electron chi connectivity index (χ3n) is 4.73. The molecule has 25 heavy (non-hydrogen) atoms. The zero-order valence-corrected chi connectivity index (χ0v) is 14.9. The fraction of sp³-hybridized carbons (Fsp3) is 0.400. The number of nitrogens with zero attached hydrogens (tertiary/aromatic N) is 2. The number of hydrogen-bond donors (Lipinski definition) is 1. The summed E-state index contributed by atoms with van der Waals surface area (Å²) in [6, 6.07) is 11.8. The van der Waals surface area contributed by atoms with Crippen molar-refractivity contribution in [2.24, 2.45) is 0 Å². The Bertz CT molecular complexity index is 732. The van der Waals surface area contributed by atoms with Gasteiger partial charge in [-0.05, 0) is 49.9 Å². The summed E-state index contributed by atoms with van der Waals surface area (Å²) in [4.78, 5) is 19.2. The number of pyridine rings is 1. The maximum atomic E-state index is 12.6. The van der Waals surface area contributed by atoms with Crippen molar-refractivity contribution in [3.05, 3.63) is 48.3 Å². The zero-order valence-electron chi connectivity index (χ0n) is 14.9. The second-order valence-electron chi connectivity index (χ2n) is 6.34. The lowest BCUT2D eigenvalue weighted by atomic mass is 9.99. The van der Waals surface area contributed by atoms with Gasteiger partial charge in [0.05, 0.1) is 7.11 Å². The van der Waals surface area contributed by atoms with Gasteiger partial charge in [0.25, 0.3) is 5.91 Å². The van der Waals surface area contributed by atoms with E-state index in [0.29, 0.717) is 23.2 Å². The number of carbonyl (C=O) groups excluding carboxylic acids is 1. The van der Waals surface area contributed by atoms with E-state index in [4.69, 9.17) is 4.74 Å². The highest BCUT2D eigenvalue weighted by molar-refractivity contribution is 6.03. The Morgan fingerprint density at radius 1 is 1.32 bits per heavy atom. The molecule has 0 aliphatic carbocycles. The molecule has 2 aromatic rings. The summed E-state index contributed by atoms with van der Waals surface area (Å²) in [5.41, 5.74) is 2.21. The lowest BCUT2D eigenvalue weighted by Gasteiger charge is -2.37. The van der Waals surface area contributed by atoms with E-state index in [-0.39, 0.29) is 5.91 Å². The molecule has 0 spiro atoms. The Kier molecular flexibility index (Phi) is 5.53. The highest BCUT2D eigenvalue weighted by Crippen LogP contribution is 2.27. The standard InChI is InChI=1S/C20H25N3O2/c1-3-16-8-4-5-12-23(16)17-10-11-21-19(14-17)20(24)22-15-7-6-9-18(13-15)25-2/h6-7,9-11,13-14,16H,3-5,8,12H2,1-2H3,(H,22,24). The van der Waals surface area contributed by atoms with E-state index in [0.717, 1.165) is 18.7 Å². The molecule has 1 unspecified atom stereocenters. The lowest BCUT2D eigenvalue weighted by Crippen LogP contribution is -2.39.